The molecule has 3 amide bonds. The van der Waals surface area contributed by atoms with E-state index in [1.165, 1.54) is 25.3 Å². The predicted molar refractivity (Wildman–Crippen MR) is 123 cm³/mol. The third kappa shape index (κ3) is 5.12. The Morgan fingerprint density at radius 3 is 2.40 bits per heavy atom. The molecule has 35 heavy (non-hydrogen) atoms. The molecule has 1 aromatic heterocycles. The molecule has 0 radical (unpaired) electrons. The smallest absolute Gasteiger partial charge is 0.349 e. The topological polar surface area (TPSA) is 132 Å². The molecule has 1 N–H and O–H groups in total. The lowest BCUT2D eigenvalue weighted by Crippen LogP contribution is -2.31. The second-order valence-electron chi connectivity index (χ2n) is 7.78. The zero-order valence-corrected chi connectivity index (χ0v) is 18.9. The Morgan fingerprint density at radius 2 is 1.71 bits per heavy atom. The summed E-state index contributed by atoms with van der Waals surface area (Å²) in [6.07, 6.45) is 0.199. The molecule has 0 aliphatic carbocycles. The number of nitrogens with zero attached hydrogens (tertiary/aromatic N) is 1. The number of hydrogen-bond acceptors (Lipinski definition) is 8. The SMILES string of the molecule is COCCNC(=O)c1cc2ccc(OC(=O)CCCN3C(=O)c4ccccc4C3=O)cc2oc1=O. The molecule has 0 atom stereocenters. The lowest BCUT2D eigenvalue weighted by molar-refractivity contribution is -0.134. The van der Waals surface area contributed by atoms with Gasteiger partial charge in [-0.1, -0.05) is 12.1 Å². The van der Waals surface area contributed by atoms with Gasteiger partial charge in [-0.05, 0) is 36.8 Å². The fraction of sp³-hybridized carbons (Fsp3) is 0.240. The quantitative estimate of drug-likeness (QED) is 0.163. The van der Waals surface area contributed by atoms with Crippen molar-refractivity contribution >= 4 is 34.7 Å². The van der Waals surface area contributed by atoms with E-state index in [4.69, 9.17) is 13.9 Å². The maximum absolute atomic E-state index is 12.4. The van der Waals surface area contributed by atoms with Gasteiger partial charge in [0, 0.05) is 38.1 Å². The van der Waals surface area contributed by atoms with E-state index in [2.05, 4.69) is 5.32 Å². The van der Waals surface area contributed by atoms with Crippen LogP contribution in [0.4, 0.5) is 0 Å². The average Bonchev–Trinajstić information content (AvgIpc) is 3.08. The highest BCUT2D eigenvalue weighted by Crippen LogP contribution is 2.23. The van der Waals surface area contributed by atoms with Crippen LogP contribution in [0.1, 0.15) is 43.9 Å². The number of imide groups is 1. The lowest BCUT2D eigenvalue weighted by atomic mass is 10.1. The third-order valence-corrected chi connectivity index (χ3v) is 5.42. The van der Waals surface area contributed by atoms with Crippen LogP contribution < -0.4 is 15.7 Å². The van der Waals surface area contributed by atoms with Crippen LogP contribution in [0.25, 0.3) is 11.0 Å². The second kappa shape index (κ2) is 10.3. The van der Waals surface area contributed by atoms with Crippen LogP contribution in [0.3, 0.4) is 0 Å². The Bertz CT molecular complexity index is 1340. The van der Waals surface area contributed by atoms with Gasteiger partial charge in [0.05, 0.1) is 17.7 Å². The standard InChI is InChI=1S/C25H22N2O8/c1-33-12-10-26-22(29)19-13-15-8-9-16(14-20(15)35-25(19)32)34-21(28)7-4-11-27-23(30)17-5-2-3-6-18(17)24(27)31/h2-3,5-6,8-9,13-14H,4,7,10-12H2,1H3,(H,26,29). The summed E-state index contributed by atoms with van der Waals surface area (Å²) in [4.78, 5) is 62.5. The van der Waals surface area contributed by atoms with Crippen molar-refractivity contribution in [2.24, 2.45) is 0 Å². The number of amides is 3. The molecule has 3 aromatic rings. The fourth-order valence-corrected chi connectivity index (χ4v) is 3.68. The van der Waals surface area contributed by atoms with E-state index in [1.54, 1.807) is 30.3 Å². The van der Waals surface area contributed by atoms with Crippen molar-refractivity contribution < 1.29 is 33.1 Å². The molecule has 1 aliphatic heterocycles. The van der Waals surface area contributed by atoms with Gasteiger partial charge in [0.25, 0.3) is 17.7 Å². The Hall–Kier alpha value is -4.31. The summed E-state index contributed by atoms with van der Waals surface area (Å²) < 4.78 is 15.4. The van der Waals surface area contributed by atoms with Gasteiger partial charge in [-0.25, -0.2) is 4.79 Å². The summed E-state index contributed by atoms with van der Waals surface area (Å²) in [6.45, 7) is 0.635. The molecule has 0 bridgehead atoms. The van der Waals surface area contributed by atoms with E-state index >= 15 is 0 Å². The summed E-state index contributed by atoms with van der Waals surface area (Å²) in [5.41, 5.74) is -0.107. The summed E-state index contributed by atoms with van der Waals surface area (Å²) >= 11 is 0. The highest BCUT2D eigenvalue weighted by molar-refractivity contribution is 6.21. The van der Waals surface area contributed by atoms with Crippen molar-refractivity contribution in [3.63, 3.8) is 0 Å². The van der Waals surface area contributed by atoms with E-state index in [1.807, 2.05) is 0 Å². The Balaban J connectivity index is 1.34. The summed E-state index contributed by atoms with van der Waals surface area (Å²) in [7, 11) is 1.50. The number of hydrogen-bond donors (Lipinski definition) is 1. The first kappa shape index (κ1) is 23.8. The van der Waals surface area contributed by atoms with Gasteiger partial charge in [0.15, 0.2) is 0 Å². The van der Waals surface area contributed by atoms with Gasteiger partial charge in [-0.15, -0.1) is 0 Å². The lowest BCUT2D eigenvalue weighted by Gasteiger charge is -2.13. The van der Waals surface area contributed by atoms with Crippen LogP contribution in [0.15, 0.2) is 57.7 Å². The van der Waals surface area contributed by atoms with Crippen LogP contribution in [-0.2, 0) is 9.53 Å². The maximum atomic E-state index is 12.4. The largest absolute Gasteiger partial charge is 0.426 e. The van der Waals surface area contributed by atoms with E-state index in [-0.39, 0.29) is 54.6 Å². The molecular formula is C25H22N2O8. The van der Waals surface area contributed by atoms with E-state index < -0.39 is 17.5 Å². The van der Waals surface area contributed by atoms with Crippen molar-refractivity contribution in [3.8, 4) is 5.75 Å². The molecule has 2 aromatic carbocycles. The molecular weight excluding hydrogens is 456 g/mol. The highest BCUT2D eigenvalue weighted by atomic mass is 16.5. The first-order chi connectivity index (χ1) is 16.9. The molecule has 0 fully saturated rings. The molecule has 0 saturated carbocycles. The molecule has 4 rings (SSSR count). The summed E-state index contributed by atoms with van der Waals surface area (Å²) in [5.74, 6) is -1.75. The zero-order valence-electron chi connectivity index (χ0n) is 18.9. The first-order valence-electron chi connectivity index (χ1n) is 10.9. The zero-order chi connectivity index (χ0) is 24.9. The minimum atomic E-state index is -0.822. The number of rotatable bonds is 9. The number of ether oxygens (including phenoxy) is 2. The second-order valence-corrected chi connectivity index (χ2v) is 7.78. The van der Waals surface area contributed by atoms with Crippen molar-refractivity contribution in [3.05, 3.63) is 75.6 Å². The molecule has 10 nitrogen and oxygen atoms in total. The number of benzene rings is 2. The molecule has 0 saturated heterocycles. The Labute approximate surface area is 199 Å². The van der Waals surface area contributed by atoms with E-state index in [9.17, 15) is 24.0 Å². The van der Waals surface area contributed by atoms with Gasteiger partial charge in [-0.2, -0.15) is 0 Å². The number of carbonyl (C=O) groups is 4. The van der Waals surface area contributed by atoms with Crippen LogP contribution >= 0.6 is 0 Å². The minimum absolute atomic E-state index is 0.0318. The van der Waals surface area contributed by atoms with Gasteiger partial charge < -0.3 is 19.2 Å². The summed E-state index contributed by atoms with van der Waals surface area (Å²) in [6, 6.07) is 12.4. The molecule has 1 aliphatic rings. The number of nitrogens with one attached hydrogen (secondary N) is 1. The summed E-state index contributed by atoms with van der Waals surface area (Å²) in [5, 5.41) is 3.03. The van der Waals surface area contributed by atoms with Crippen molar-refractivity contribution in [1.29, 1.82) is 0 Å². The average molecular weight is 478 g/mol. The van der Waals surface area contributed by atoms with Crippen LogP contribution in [-0.4, -0.2) is 55.4 Å². The van der Waals surface area contributed by atoms with Gasteiger partial charge >= 0.3 is 11.6 Å². The Kier molecular flexibility index (Phi) is 7.02. The van der Waals surface area contributed by atoms with Crippen molar-refractivity contribution in [1.82, 2.24) is 10.2 Å². The molecule has 2 heterocycles. The molecule has 10 heteroatoms. The van der Waals surface area contributed by atoms with Gasteiger partial charge in [0.1, 0.15) is 16.9 Å². The van der Waals surface area contributed by atoms with Gasteiger partial charge in [0.2, 0.25) is 0 Å². The normalized spacial score (nSPS) is 12.7. The predicted octanol–water partition coefficient (Wildman–Crippen LogP) is 2.15. The monoisotopic (exact) mass is 478 g/mol. The van der Waals surface area contributed by atoms with Crippen molar-refractivity contribution in [2.45, 2.75) is 12.8 Å². The number of fused-ring (bicyclic) bond motifs is 2. The number of carbonyl (C=O) groups excluding carboxylic acids is 4. The number of esters is 1. The Morgan fingerprint density at radius 1 is 1.00 bits per heavy atom. The van der Waals surface area contributed by atoms with Crippen LogP contribution in [0.5, 0.6) is 5.75 Å². The van der Waals surface area contributed by atoms with Gasteiger partial charge in [-0.3, -0.25) is 24.1 Å². The first-order valence-corrected chi connectivity index (χ1v) is 10.9. The van der Waals surface area contributed by atoms with Crippen LogP contribution in [0, 0.1) is 0 Å². The van der Waals surface area contributed by atoms with Crippen LogP contribution in [0.2, 0.25) is 0 Å². The molecule has 0 spiro atoms. The minimum Gasteiger partial charge on any atom is -0.426 e. The fourth-order valence-electron chi connectivity index (χ4n) is 3.68. The maximum Gasteiger partial charge on any atom is 0.349 e. The van der Waals surface area contributed by atoms with E-state index in [0.29, 0.717) is 23.1 Å². The van der Waals surface area contributed by atoms with E-state index in [0.717, 1.165) is 4.90 Å². The third-order valence-electron chi connectivity index (χ3n) is 5.42. The van der Waals surface area contributed by atoms with Crippen molar-refractivity contribution in [2.75, 3.05) is 26.8 Å². The number of methoxy groups -OCH3 is 1. The highest BCUT2D eigenvalue weighted by Gasteiger charge is 2.34. The molecule has 180 valence electrons. The molecule has 0 unspecified atom stereocenters.